The molecule has 0 aliphatic rings. The molecule has 0 fully saturated rings. The number of nitrogens with zero attached hydrogens (tertiary/aromatic N) is 2. The summed E-state index contributed by atoms with van der Waals surface area (Å²) in [6, 6.07) is 0. The van der Waals surface area contributed by atoms with Crippen molar-refractivity contribution in [3.8, 4) is 12.3 Å². The Morgan fingerprint density at radius 3 is 2.79 bits per heavy atom. The van der Waals surface area contributed by atoms with Crippen LogP contribution in [0.3, 0.4) is 0 Å². The third-order valence-electron chi connectivity index (χ3n) is 2.09. The number of aliphatic hydroxyl groups excluding tert-OH is 1. The van der Waals surface area contributed by atoms with Gasteiger partial charge in [-0.25, -0.2) is 4.68 Å². The summed E-state index contributed by atoms with van der Waals surface area (Å²) in [6.07, 6.45) is -1.32. The predicted octanol–water partition coefficient (Wildman–Crippen LogP) is 0.865. The van der Waals surface area contributed by atoms with Gasteiger partial charge < -0.3 is 10.4 Å². The SMILES string of the molecule is C#CCn1ncc(Cl)c(NCC(O)C(F)(F)F)c1=O. The van der Waals surface area contributed by atoms with Crippen molar-refractivity contribution < 1.29 is 18.3 Å². The molecule has 9 heteroatoms. The predicted molar refractivity (Wildman–Crippen MR) is 62.9 cm³/mol. The number of aliphatic hydroxyl groups is 1. The molecule has 0 radical (unpaired) electrons. The Kier molecular flexibility index (Phi) is 4.80. The van der Waals surface area contributed by atoms with Crippen molar-refractivity contribution >= 4 is 17.3 Å². The van der Waals surface area contributed by atoms with E-state index in [1.54, 1.807) is 0 Å². The summed E-state index contributed by atoms with van der Waals surface area (Å²) in [7, 11) is 0. The lowest BCUT2D eigenvalue weighted by Crippen LogP contribution is -2.36. The highest BCUT2D eigenvalue weighted by atomic mass is 35.5. The summed E-state index contributed by atoms with van der Waals surface area (Å²) in [4.78, 5) is 11.7. The van der Waals surface area contributed by atoms with Gasteiger partial charge in [-0.05, 0) is 0 Å². The summed E-state index contributed by atoms with van der Waals surface area (Å²) >= 11 is 5.65. The molecule has 1 unspecified atom stereocenters. The van der Waals surface area contributed by atoms with Crippen LogP contribution in [-0.4, -0.2) is 33.7 Å². The van der Waals surface area contributed by atoms with Crippen LogP contribution < -0.4 is 10.9 Å². The van der Waals surface area contributed by atoms with Crippen LogP contribution in [0.15, 0.2) is 11.0 Å². The summed E-state index contributed by atoms with van der Waals surface area (Å²) < 4.78 is 37.2. The molecule has 1 heterocycles. The van der Waals surface area contributed by atoms with Gasteiger partial charge in [0.2, 0.25) is 0 Å². The topological polar surface area (TPSA) is 67.2 Å². The largest absolute Gasteiger partial charge is 0.416 e. The number of alkyl halides is 3. The van der Waals surface area contributed by atoms with Gasteiger partial charge >= 0.3 is 6.18 Å². The van der Waals surface area contributed by atoms with Gasteiger partial charge in [0, 0.05) is 6.54 Å². The minimum atomic E-state index is -4.79. The summed E-state index contributed by atoms with van der Waals surface area (Å²) in [5.74, 6) is 2.16. The Hall–Kier alpha value is -1.72. The maximum absolute atomic E-state index is 12.1. The molecule has 1 aromatic rings. The molecule has 0 spiro atoms. The van der Waals surface area contributed by atoms with Crippen LogP contribution in [-0.2, 0) is 6.54 Å². The Morgan fingerprint density at radius 1 is 1.63 bits per heavy atom. The van der Waals surface area contributed by atoms with Crippen molar-refractivity contribution in [3.05, 3.63) is 21.6 Å². The lowest BCUT2D eigenvalue weighted by Gasteiger charge is -2.16. The van der Waals surface area contributed by atoms with Crippen LogP contribution in [0.5, 0.6) is 0 Å². The van der Waals surface area contributed by atoms with Gasteiger partial charge in [-0.3, -0.25) is 4.79 Å². The Morgan fingerprint density at radius 2 is 2.26 bits per heavy atom. The van der Waals surface area contributed by atoms with E-state index in [0.717, 1.165) is 10.9 Å². The van der Waals surface area contributed by atoms with Crippen molar-refractivity contribution in [1.82, 2.24) is 9.78 Å². The molecule has 0 aliphatic heterocycles. The minimum Gasteiger partial charge on any atom is -0.382 e. The van der Waals surface area contributed by atoms with E-state index in [-0.39, 0.29) is 17.3 Å². The molecule has 1 aromatic heterocycles. The van der Waals surface area contributed by atoms with E-state index in [4.69, 9.17) is 23.1 Å². The van der Waals surface area contributed by atoms with Crippen molar-refractivity contribution in [2.24, 2.45) is 0 Å². The first-order valence-electron chi connectivity index (χ1n) is 4.95. The van der Waals surface area contributed by atoms with Crippen LogP contribution in [0.2, 0.25) is 5.02 Å². The number of hydrogen-bond acceptors (Lipinski definition) is 4. The quantitative estimate of drug-likeness (QED) is 0.809. The number of terminal acetylenes is 1. The second-order valence-corrected chi connectivity index (χ2v) is 3.88. The van der Waals surface area contributed by atoms with Gasteiger partial charge in [0.15, 0.2) is 6.10 Å². The molecule has 1 rings (SSSR count). The Bertz CT molecular complexity index is 550. The van der Waals surface area contributed by atoms with E-state index < -0.39 is 24.4 Å². The molecular formula is C10H9ClF3N3O2. The van der Waals surface area contributed by atoms with Gasteiger partial charge in [-0.2, -0.15) is 18.3 Å². The molecule has 0 amide bonds. The molecule has 0 saturated heterocycles. The molecule has 0 aromatic carbocycles. The third kappa shape index (κ3) is 3.87. The van der Waals surface area contributed by atoms with Crippen LogP contribution in [0, 0.1) is 12.3 Å². The zero-order valence-electron chi connectivity index (χ0n) is 9.41. The Labute approximate surface area is 111 Å². The average molecular weight is 296 g/mol. The number of halogens is 4. The Balaban J connectivity index is 2.93. The lowest BCUT2D eigenvalue weighted by molar-refractivity contribution is -0.198. The lowest BCUT2D eigenvalue weighted by atomic mass is 10.3. The molecule has 0 saturated carbocycles. The van der Waals surface area contributed by atoms with E-state index in [1.807, 2.05) is 0 Å². The average Bonchev–Trinajstić information content (AvgIpc) is 2.31. The second kappa shape index (κ2) is 5.95. The van der Waals surface area contributed by atoms with Crippen molar-refractivity contribution in [2.45, 2.75) is 18.8 Å². The molecule has 2 N–H and O–H groups in total. The van der Waals surface area contributed by atoms with E-state index >= 15 is 0 Å². The normalized spacial score (nSPS) is 12.8. The molecule has 0 bridgehead atoms. The zero-order valence-corrected chi connectivity index (χ0v) is 10.2. The van der Waals surface area contributed by atoms with E-state index in [9.17, 15) is 18.0 Å². The maximum atomic E-state index is 12.1. The first-order chi connectivity index (χ1) is 8.77. The standard InChI is InChI=1S/C10H9ClF3N3O2/c1-2-3-17-9(19)8(6(11)4-16-17)15-5-7(18)10(12,13)14/h1,4,7,15,18H,3,5H2. The summed E-state index contributed by atoms with van der Waals surface area (Å²) in [5, 5.41) is 14.4. The van der Waals surface area contributed by atoms with Gasteiger partial charge in [0.05, 0.1) is 11.2 Å². The fraction of sp³-hybridized carbons (Fsp3) is 0.400. The maximum Gasteiger partial charge on any atom is 0.416 e. The zero-order chi connectivity index (χ0) is 14.6. The highest BCUT2D eigenvalue weighted by Crippen LogP contribution is 2.21. The van der Waals surface area contributed by atoms with Gasteiger partial charge in [-0.1, -0.05) is 17.5 Å². The van der Waals surface area contributed by atoms with Crippen LogP contribution >= 0.6 is 11.6 Å². The third-order valence-corrected chi connectivity index (χ3v) is 2.38. The number of aromatic nitrogens is 2. The van der Waals surface area contributed by atoms with Crippen LogP contribution in [0.4, 0.5) is 18.9 Å². The summed E-state index contributed by atoms with van der Waals surface area (Å²) in [5.41, 5.74) is -1.06. The van der Waals surface area contributed by atoms with E-state index in [2.05, 4.69) is 16.3 Å². The first-order valence-corrected chi connectivity index (χ1v) is 5.33. The molecule has 19 heavy (non-hydrogen) atoms. The fourth-order valence-electron chi connectivity index (χ4n) is 1.14. The molecule has 104 valence electrons. The van der Waals surface area contributed by atoms with Gasteiger partial charge in [0.1, 0.15) is 12.2 Å². The van der Waals surface area contributed by atoms with Crippen LogP contribution in [0.1, 0.15) is 0 Å². The molecule has 0 aliphatic carbocycles. The first kappa shape index (κ1) is 15.3. The number of hydrogen-bond donors (Lipinski definition) is 2. The number of anilines is 1. The molecule has 5 nitrogen and oxygen atoms in total. The van der Waals surface area contributed by atoms with Crippen molar-refractivity contribution in [1.29, 1.82) is 0 Å². The van der Waals surface area contributed by atoms with Crippen molar-refractivity contribution in [3.63, 3.8) is 0 Å². The number of nitrogens with one attached hydrogen (secondary N) is 1. The van der Waals surface area contributed by atoms with Crippen LogP contribution in [0.25, 0.3) is 0 Å². The van der Waals surface area contributed by atoms with Gasteiger partial charge in [-0.15, -0.1) is 6.42 Å². The monoisotopic (exact) mass is 295 g/mol. The molecular weight excluding hydrogens is 287 g/mol. The fourth-order valence-corrected chi connectivity index (χ4v) is 1.33. The van der Waals surface area contributed by atoms with Crippen molar-refractivity contribution in [2.75, 3.05) is 11.9 Å². The van der Waals surface area contributed by atoms with Gasteiger partial charge in [0.25, 0.3) is 5.56 Å². The summed E-state index contributed by atoms with van der Waals surface area (Å²) in [6.45, 7) is -1.05. The molecule has 1 atom stereocenters. The second-order valence-electron chi connectivity index (χ2n) is 3.47. The van der Waals surface area contributed by atoms with E-state index in [1.165, 1.54) is 0 Å². The minimum absolute atomic E-state index is 0.146. The highest BCUT2D eigenvalue weighted by Gasteiger charge is 2.38. The number of rotatable bonds is 4. The highest BCUT2D eigenvalue weighted by molar-refractivity contribution is 6.32. The van der Waals surface area contributed by atoms with E-state index in [0.29, 0.717) is 0 Å². The smallest absolute Gasteiger partial charge is 0.382 e.